The van der Waals surface area contributed by atoms with E-state index in [-0.39, 0.29) is 35.0 Å². The van der Waals surface area contributed by atoms with Crippen molar-refractivity contribution < 1.29 is 9.18 Å². The van der Waals surface area contributed by atoms with Gasteiger partial charge in [-0.05, 0) is 61.6 Å². The predicted octanol–water partition coefficient (Wildman–Crippen LogP) is 3.92. The minimum atomic E-state index is -0.630. The van der Waals surface area contributed by atoms with E-state index in [4.69, 9.17) is 28.9 Å². The number of carbonyl (C=O) groups is 1. The van der Waals surface area contributed by atoms with Crippen LogP contribution in [-0.2, 0) is 16.6 Å². The number of nitrogens with zero attached hydrogens (tertiary/aromatic N) is 2. The molecule has 2 aliphatic rings. The van der Waals surface area contributed by atoms with E-state index >= 15 is 0 Å². The van der Waals surface area contributed by atoms with Crippen LogP contribution in [-0.4, -0.2) is 40.4 Å². The fraction of sp³-hybridized carbons (Fsp3) is 0.375. The van der Waals surface area contributed by atoms with Crippen molar-refractivity contribution in [2.24, 2.45) is 5.73 Å². The Morgan fingerprint density at radius 2 is 2.09 bits per heavy atom. The number of anilines is 1. The molecule has 0 saturated heterocycles. The molecular formula is C24H24Cl2FN5O2. The Morgan fingerprint density at radius 1 is 1.32 bits per heavy atom. The highest BCUT2D eigenvalue weighted by molar-refractivity contribution is 6.35. The molecule has 1 aliphatic carbocycles. The molecule has 0 spiro atoms. The number of nitrogens with one attached hydrogen (secondary N) is 2. The van der Waals surface area contributed by atoms with Gasteiger partial charge in [0.25, 0.3) is 5.56 Å². The molecule has 1 aromatic heterocycles. The topological polar surface area (TPSA) is 104 Å². The van der Waals surface area contributed by atoms with Crippen molar-refractivity contribution in [2.75, 3.05) is 25.0 Å². The van der Waals surface area contributed by atoms with Crippen LogP contribution in [0.2, 0.25) is 10.0 Å². The summed E-state index contributed by atoms with van der Waals surface area (Å²) in [5.74, 6) is -0.294. The van der Waals surface area contributed by atoms with Gasteiger partial charge in [0, 0.05) is 28.5 Å². The molecule has 1 fully saturated rings. The normalized spacial score (nSPS) is 18.6. The molecule has 0 bridgehead atoms. The van der Waals surface area contributed by atoms with Crippen LogP contribution in [0.15, 0.2) is 29.1 Å². The molecule has 0 radical (unpaired) electrons. The number of aromatic nitrogens is 2. The molecule has 1 unspecified atom stereocenters. The van der Waals surface area contributed by atoms with Crippen molar-refractivity contribution in [1.82, 2.24) is 14.9 Å². The fourth-order valence-electron chi connectivity index (χ4n) is 4.75. The third kappa shape index (κ3) is 3.93. The fourth-order valence-corrected chi connectivity index (χ4v) is 5.44. The second kappa shape index (κ2) is 8.52. The van der Waals surface area contributed by atoms with Crippen molar-refractivity contribution in [3.8, 4) is 0 Å². The van der Waals surface area contributed by atoms with Gasteiger partial charge in [0.2, 0.25) is 5.91 Å². The molecule has 5 rings (SSSR count). The van der Waals surface area contributed by atoms with Crippen LogP contribution in [0.3, 0.4) is 0 Å². The highest BCUT2D eigenvalue weighted by atomic mass is 35.5. The Labute approximate surface area is 205 Å². The van der Waals surface area contributed by atoms with E-state index in [0.717, 1.165) is 30.0 Å². The van der Waals surface area contributed by atoms with Gasteiger partial charge in [-0.25, -0.2) is 9.37 Å². The molecule has 4 N–H and O–H groups in total. The summed E-state index contributed by atoms with van der Waals surface area (Å²) in [5, 5.41) is 4.13. The van der Waals surface area contributed by atoms with Gasteiger partial charge < -0.3 is 20.9 Å². The van der Waals surface area contributed by atoms with Crippen molar-refractivity contribution in [2.45, 2.75) is 37.6 Å². The Morgan fingerprint density at radius 3 is 2.79 bits per heavy atom. The van der Waals surface area contributed by atoms with E-state index in [2.05, 4.69) is 15.3 Å². The Balaban J connectivity index is 1.37. The largest absolute Gasteiger partial charge is 0.374 e. The number of nitrogens with two attached hydrogens (primary N) is 1. The molecule has 1 aliphatic heterocycles. The number of benzene rings is 2. The first-order valence-corrected chi connectivity index (χ1v) is 11.9. The van der Waals surface area contributed by atoms with Gasteiger partial charge >= 0.3 is 0 Å². The number of fused-ring (bicyclic) bond motifs is 2. The lowest BCUT2D eigenvalue weighted by Crippen LogP contribution is -2.42. The smallest absolute Gasteiger partial charge is 0.258 e. The van der Waals surface area contributed by atoms with Gasteiger partial charge in [-0.3, -0.25) is 9.59 Å². The molecule has 3 aromatic rings. The van der Waals surface area contributed by atoms with Crippen molar-refractivity contribution in [3.05, 3.63) is 67.4 Å². The minimum Gasteiger partial charge on any atom is -0.374 e. The molecule has 34 heavy (non-hydrogen) atoms. The molecule has 178 valence electrons. The SMILES string of the molecule is CC1c2c(Cl)cc(Cl)cc2CCN1C(=O)CNc1cc2nc(C3(CN)CC3)[nH]c(=O)c2cc1F. The van der Waals surface area contributed by atoms with Crippen LogP contribution in [0, 0.1) is 5.82 Å². The van der Waals surface area contributed by atoms with E-state index in [0.29, 0.717) is 40.9 Å². The second-order valence-corrected chi connectivity index (χ2v) is 9.92. The highest BCUT2D eigenvalue weighted by Crippen LogP contribution is 2.45. The highest BCUT2D eigenvalue weighted by Gasteiger charge is 2.45. The average Bonchev–Trinajstić information content (AvgIpc) is 3.59. The summed E-state index contributed by atoms with van der Waals surface area (Å²) in [4.78, 5) is 34.5. The number of halogens is 3. The van der Waals surface area contributed by atoms with Gasteiger partial charge in [0.05, 0.1) is 29.2 Å². The van der Waals surface area contributed by atoms with Crippen LogP contribution in [0.1, 0.15) is 42.8 Å². The lowest BCUT2D eigenvalue weighted by atomic mass is 9.93. The number of rotatable bonds is 5. The zero-order valence-corrected chi connectivity index (χ0v) is 20.1. The number of amides is 1. The summed E-state index contributed by atoms with van der Waals surface area (Å²) >= 11 is 12.5. The van der Waals surface area contributed by atoms with Gasteiger partial charge in [0.15, 0.2) is 0 Å². The lowest BCUT2D eigenvalue weighted by molar-refractivity contribution is -0.131. The third-order valence-corrected chi connectivity index (χ3v) is 7.51. The van der Waals surface area contributed by atoms with E-state index in [1.165, 1.54) is 6.07 Å². The third-order valence-electron chi connectivity index (χ3n) is 6.98. The first-order valence-electron chi connectivity index (χ1n) is 11.2. The number of hydrogen-bond acceptors (Lipinski definition) is 5. The minimum absolute atomic E-state index is 0.109. The molecule has 1 atom stereocenters. The van der Waals surface area contributed by atoms with Crippen molar-refractivity contribution in [1.29, 1.82) is 0 Å². The zero-order valence-electron chi connectivity index (χ0n) is 18.6. The van der Waals surface area contributed by atoms with Crippen LogP contribution in [0.25, 0.3) is 10.9 Å². The summed E-state index contributed by atoms with van der Waals surface area (Å²) < 4.78 is 14.8. The molecule has 2 heterocycles. The van der Waals surface area contributed by atoms with Crippen LogP contribution in [0.4, 0.5) is 10.1 Å². The van der Waals surface area contributed by atoms with Gasteiger partial charge in [-0.2, -0.15) is 0 Å². The summed E-state index contributed by atoms with van der Waals surface area (Å²) in [6.45, 7) is 2.69. The molecule has 7 nitrogen and oxygen atoms in total. The van der Waals surface area contributed by atoms with Crippen LogP contribution >= 0.6 is 23.2 Å². The van der Waals surface area contributed by atoms with Crippen molar-refractivity contribution in [3.63, 3.8) is 0 Å². The Kier molecular flexibility index (Phi) is 5.78. The quantitative estimate of drug-likeness (QED) is 0.489. The van der Waals surface area contributed by atoms with Gasteiger partial charge in [-0.1, -0.05) is 23.2 Å². The zero-order chi connectivity index (χ0) is 24.2. The number of hydrogen-bond donors (Lipinski definition) is 3. The average molecular weight is 504 g/mol. The number of carbonyl (C=O) groups excluding carboxylic acids is 1. The van der Waals surface area contributed by atoms with Crippen LogP contribution < -0.4 is 16.6 Å². The second-order valence-electron chi connectivity index (χ2n) is 9.08. The predicted molar refractivity (Wildman–Crippen MR) is 131 cm³/mol. The van der Waals surface area contributed by atoms with E-state index < -0.39 is 11.4 Å². The Hall–Kier alpha value is -2.68. The Bertz CT molecular complexity index is 1370. The summed E-state index contributed by atoms with van der Waals surface area (Å²) in [7, 11) is 0. The summed E-state index contributed by atoms with van der Waals surface area (Å²) in [6.07, 6.45) is 2.34. The van der Waals surface area contributed by atoms with Gasteiger partial charge in [-0.15, -0.1) is 0 Å². The maximum absolute atomic E-state index is 14.8. The molecular weight excluding hydrogens is 480 g/mol. The monoisotopic (exact) mass is 503 g/mol. The number of H-pyrrole nitrogens is 1. The summed E-state index contributed by atoms with van der Waals surface area (Å²) in [6, 6.07) is 5.93. The number of aromatic amines is 1. The first-order chi connectivity index (χ1) is 16.2. The lowest BCUT2D eigenvalue weighted by Gasteiger charge is -2.36. The molecule has 1 amide bonds. The molecule has 1 saturated carbocycles. The van der Waals surface area contributed by atoms with E-state index in [9.17, 15) is 14.0 Å². The standard InChI is InChI=1S/C24H24Cl2FN5O2/c1-12-21-13(6-14(25)7-16(21)26)2-5-32(12)20(33)10-29-19-9-18-15(8-17(19)27)22(34)31-23(30-18)24(11-28)3-4-24/h6-9,12,29H,2-5,10-11,28H2,1H3,(H,30,31,34). The molecule has 2 aromatic carbocycles. The summed E-state index contributed by atoms with van der Waals surface area (Å²) in [5.41, 5.74) is 7.53. The molecule has 10 heteroatoms. The van der Waals surface area contributed by atoms with Gasteiger partial charge in [0.1, 0.15) is 11.6 Å². The maximum Gasteiger partial charge on any atom is 0.258 e. The van der Waals surface area contributed by atoms with E-state index in [1.807, 2.05) is 13.0 Å². The maximum atomic E-state index is 14.8. The van der Waals surface area contributed by atoms with Crippen LogP contribution in [0.5, 0.6) is 0 Å². The van der Waals surface area contributed by atoms with E-state index in [1.54, 1.807) is 11.0 Å². The first kappa shape index (κ1) is 23.1. The van der Waals surface area contributed by atoms with Crippen molar-refractivity contribution >= 4 is 45.7 Å².